The third kappa shape index (κ3) is 5.12. The molecule has 1 aliphatic carbocycles. The van der Waals surface area contributed by atoms with Gasteiger partial charge in [-0.05, 0) is 72.4 Å². The highest BCUT2D eigenvalue weighted by Gasteiger charge is 2.46. The number of pyridine rings is 1. The molecule has 1 aliphatic rings. The summed E-state index contributed by atoms with van der Waals surface area (Å²) in [5, 5.41) is 0.753. The minimum atomic E-state index is -0.279. The summed E-state index contributed by atoms with van der Waals surface area (Å²) >= 11 is 0. The molecule has 0 spiro atoms. The summed E-state index contributed by atoms with van der Waals surface area (Å²) in [6.07, 6.45) is 5.36. The predicted molar refractivity (Wildman–Crippen MR) is 145 cm³/mol. The molecule has 1 fully saturated rings. The van der Waals surface area contributed by atoms with Crippen molar-refractivity contribution in [3.63, 3.8) is 0 Å². The summed E-state index contributed by atoms with van der Waals surface area (Å²) in [4.78, 5) is 19.8. The van der Waals surface area contributed by atoms with Crippen molar-refractivity contribution in [2.75, 3.05) is 14.1 Å². The zero-order valence-electron chi connectivity index (χ0n) is 21.4. The van der Waals surface area contributed by atoms with Crippen LogP contribution in [0.1, 0.15) is 46.9 Å². The van der Waals surface area contributed by atoms with Crippen LogP contribution in [-0.2, 0) is 12.0 Å². The molecule has 3 aromatic carbocycles. The van der Waals surface area contributed by atoms with Crippen LogP contribution in [0.3, 0.4) is 0 Å². The molecular weight excluding hydrogens is 463 g/mol. The zero-order valence-corrected chi connectivity index (χ0v) is 21.4. The first kappa shape index (κ1) is 24.7. The number of aromatic nitrogens is 1. The van der Waals surface area contributed by atoms with Crippen LogP contribution in [0, 0.1) is 11.7 Å². The number of hydrogen-bond acceptors (Lipinski definition) is 4. The number of allylic oxidation sites excluding steroid dienone is 1. The van der Waals surface area contributed by atoms with Gasteiger partial charge in [0.1, 0.15) is 18.2 Å². The number of halogens is 1. The molecule has 4 aromatic rings. The van der Waals surface area contributed by atoms with Gasteiger partial charge in [0.2, 0.25) is 0 Å². The van der Waals surface area contributed by atoms with Crippen LogP contribution in [0.15, 0.2) is 91.1 Å². The minimum absolute atomic E-state index is 0.0199. The summed E-state index contributed by atoms with van der Waals surface area (Å²) in [7, 11) is 3.80. The molecule has 0 aliphatic heterocycles. The van der Waals surface area contributed by atoms with Gasteiger partial charge in [-0.1, -0.05) is 43.3 Å². The van der Waals surface area contributed by atoms with E-state index in [0.29, 0.717) is 17.2 Å². The first-order chi connectivity index (χ1) is 17.8. The molecule has 0 unspecified atom stereocenters. The summed E-state index contributed by atoms with van der Waals surface area (Å²) in [5.74, 6) is 0.961. The smallest absolute Gasteiger partial charge is 0.187 e. The van der Waals surface area contributed by atoms with Gasteiger partial charge >= 0.3 is 0 Å². The van der Waals surface area contributed by atoms with E-state index in [1.807, 2.05) is 55.4 Å². The number of carbonyl (C=O) groups is 1. The van der Waals surface area contributed by atoms with Crippen molar-refractivity contribution >= 4 is 16.7 Å². The van der Waals surface area contributed by atoms with Gasteiger partial charge in [0.25, 0.3) is 0 Å². The Kier molecular flexibility index (Phi) is 6.79. The van der Waals surface area contributed by atoms with Gasteiger partial charge < -0.3 is 9.64 Å². The minimum Gasteiger partial charge on any atom is -0.487 e. The fourth-order valence-corrected chi connectivity index (χ4v) is 5.41. The lowest BCUT2D eigenvalue weighted by molar-refractivity contribution is 0.103. The summed E-state index contributed by atoms with van der Waals surface area (Å²) in [6, 6.07) is 24.5. The third-order valence-corrected chi connectivity index (χ3v) is 7.11. The molecular formula is C32H31FN2O2. The number of rotatable bonds is 8. The van der Waals surface area contributed by atoms with E-state index in [-0.39, 0.29) is 23.6 Å². The van der Waals surface area contributed by atoms with E-state index in [0.717, 1.165) is 35.0 Å². The molecule has 0 N–H and O–H groups in total. The van der Waals surface area contributed by atoms with E-state index in [1.165, 1.54) is 17.7 Å². The van der Waals surface area contributed by atoms with Crippen LogP contribution in [0.5, 0.6) is 5.75 Å². The lowest BCUT2D eigenvalue weighted by Crippen LogP contribution is -2.42. The molecule has 5 rings (SSSR count). The van der Waals surface area contributed by atoms with Gasteiger partial charge in [0, 0.05) is 42.7 Å². The fraction of sp³-hybridized carbons (Fsp3) is 0.250. The van der Waals surface area contributed by atoms with Crippen LogP contribution in [0.2, 0.25) is 0 Å². The van der Waals surface area contributed by atoms with Gasteiger partial charge in [0.15, 0.2) is 5.78 Å². The van der Waals surface area contributed by atoms with E-state index in [1.54, 1.807) is 18.3 Å². The van der Waals surface area contributed by atoms with Crippen molar-refractivity contribution in [1.29, 1.82) is 0 Å². The number of ketones is 1. The second-order valence-corrected chi connectivity index (χ2v) is 10.2. The Hall–Kier alpha value is -3.99. The monoisotopic (exact) mass is 494 g/mol. The first-order valence-electron chi connectivity index (χ1n) is 12.6. The Morgan fingerprint density at radius 1 is 1.05 bits per heavy atom. The van der Waals surface area contributed by atoms with Crippen LogP contribution in [-0.4, -0.2) is 29.8 Å². The highest BCUT2D eigenvalue weighted by Crippen LogP contribution is 2.53. The van der Waals surface area contributed by atoms with Gasteiger partial charge in [-0.2, -0.15) is 0 Å². The van der Waals surface area contributed by atoms with Crippen molar-refractivity contribution in [2.24, 2.45) is 5.92 Å². The van der Waals surface area contributed by atoms with Gasteiger partial charge in [0.05, 0.1) is 11.2 Å². The molecule has 0 atom stereocenters. The largest absolute Gasteiger partial charge is 0.487 e. The van der Waals surface area contributed by atoms with Crippen LogP contribution < -0.4 is 4.74 Å². The lowest BCUT2D eigenvalue weighted by atomic mass is 9.55. The normalized spacial score (nSPS) is 19.1. The van der Waals surface area contributed by atoms with Gasteiger partial charge in [-0.25, -0.2) is 9.37 Å². The molecule has 4 nitrogen and oxygen atoms in total. The van der Waals surface area contributed by atoms with E-state index in [9.17, 15) is 9.18 Å². The van der Waals surface area contributed by atoms with Crippen LogP contribution in [0.25, 0.3) is 10.9 Å². The fourth-order valence-electron chi connectivity index (χ4n) is 5.41. The number of hydrogen-bond donors (Lipinski definition) is 0. The van der Waals surface area contributed by atoms with Crippen molar-refractivity contribution in [3.8, 4) is 5.75 Å². The maximum Gasteiger partial charge on any atom is 0.187 e. The summed E-state index contributed by atoms with van der Waals surface area (Å²) in [6.45, 7) is 2.53. The molecule has 1 heterocycles. The van der Waals surface area contributed by atoms with E-state index in [4.69, 9.17) is 4.74 Å². The van der Waals surface area contributed by atoms with Crippen molar-refractivity contribution < 1.29 is 13.9 Å². The molecule has 37 heavy (non-hydrogen) atoms. The van der Waals surface area contributed by atoms with Crippen LogP contribution >= 0.6 is 0 Å². The van der Waals surface area contributed by atoms with Crippen molar-refractivity contribution in [2.45, 2.75) is 31.8 Å². The molecule has 0 radical (unpaired) electrons. The predicted octanol–water partition coefficient (Wildman–Crippen LogP) is 6.93. The SMILES string of the molecule is CC1CC(c2ccccc2)(c2cc(OCc3ccc4cc(F)ccc4n3)ccc2C(=O)C=CN(C)C)C1. The first-order valence-corrected chi connectivity index (χ1v) is 12.6. The quantitative estimate of drug-likeness (QED) is 0.197. The van der Waals surface area contributed by atoms with Crippen molar-refractivity contribution in [3.05, 3.63) is 119 Å². The number of ether oxygens (including phenoxy) is 1. The molecule has 1 saturated carbocycles. The molecule has 5 heteroatoms. The van der Waals surface area contributed by atoms with E-state index in [2.05, 4.69) is 36.2 Å². The van der Waals surface area contributed by atoms with Crippen molar-refractivity contribution in [1.82, 2.24) is 9.88 Å². The van der Waals surface area contributed by atoms with E-state index >= 15 is 0 Å². The van der Waals surface area contributed by atoms with Crippen LogP contribution in [0.4, 0.5) is 4.39 Å². The molecule has 0 amide bonds. The number of nitrogens with zero attached hydrogens (tertiary/aromatic N) is 2. The maximum atomic E-state index is 13.5. The number of carbonyl (C=O) groups excluding carboxylic acids is 1. The topological polar surface area (TPSA) is 42.4 Å². The summed E-state index contributed by atoms with van der Waals surface area (Å²) < 4.78 is 19.7. The Bertz CT molecular complexity index is 1460. The van der Waals surface area contributed by atoms with Gasteiger partial charge in [-0.3, -0.25) is 4.79 Å². The molecule has 0 bridgehead atoms. The maximum absolute atomic E-state index is 13.5. The zero-order chi connectivity index (χ0) is 26.0. The highest BCUT2D eigenvalue weighted by atomic mass is 19.1. The van der Waals surface area contributed by atoms with Gasteiger partial charge in [-0.15, -0.1) is 0 Å². The Balaban J connectivity index is 1.50. The third-order valence-electron chi connectivity index (χ3n) is 7.11. The Morgan fingerprint density at radius 2 is 1.84 bits per heavy atom. The number of benzene rings is 3. The summed E-state index contributed by atoms with van der Waals surface area (Å²) in [5.41, 5.74) is 4.17. The Morgan fingerprint density at radius 3 is 2.57 bits per heavy atom. The van der Waals surface area contributed by atoms with E-state index < -0.39 is 0 Å². The molecule has 0 saturated heterocycles. The number of fused-ring (bicyclic) bond motifs is 1. The highest BCUT2D eigenvalue weighted by molar-refractivity contribution is 6.06. The second kappa shape index (κ2) is 10.2. The molecule has 188 valence electrons. The molecule has 1 aromatic heterocycles. The standard InChI is InChI=1S/C32H31FN2O2/c1-22-19-32(20-22,24-7-5-4-6-8-24)29-18-27(12-13-28(29)31(36)15-16-35(2)3)37-21-26-11-9-23-17-25(33)10-14-30(23)34-26/h4-18,22H,19-21H2,1-3H3. The lowest BCUT2D eigenvalue weighted by Gasteiger charge is -2.48. The second-order valence-electron chi connectivity index (χ2n) is 10.2. The average Bonchev–Trinajstić information content (AvgIpc) is 2.89. The Labute approximate surface area is 217 Å². The average molecular weight is 495 g/mol.